The van der Waals surface area contributed by atoms with Crippen molar-refractivity contribution in [2.75, 3.05) is 0 Å². The molecule has 0 atom stereocenters. The number of hydrogen-bond donors (Lipinski definition) is 0. The number of benzene rings is 4. The second-order valence-electron chi connectivity index (χ2n) is 9.19. The van der Waals surface area contributed by atoms with E-state index in [1.165, 1.54) is 31.9 Å². The lowest BCUT2D eigenvalue weighted by molar-refractivity contribution is 0.590. The van der Waals surface area contributed by atoms with Crippen LogP contribution in [0.1, 0.15) is 31.9 Å². The maximum Gasteiger partial charge on any atom is 0.179 e. The predicted molar refractivity (Wildman–Crippen MR) is 133 cm³/mol. The minimum atomic E-state index is -2.44. The maximum absolute atomic E-state index is 2.48. The summed E-state index contributed by atoms with van der Waals surface area (Å²) in [6.45, 7) is 9.16. The zero-order valence-electron chi connectivity index (χ0n) is 18.4. The van der Waals surface area contributed by atoms with Gasteiger partial charge in [-0.25, -0.2) is 0 Å². The van der Waals surface area contributed by atoms with Gasteiger partial charge in [0.25, 0.3) is 0 Å². The molecule has 0 spiro atoms. The first-order chi connectivity index (χ1) is 14.4. The molecule has 0 aromatic heterocycles. The molecule has 0 amide bonds. The molecule has 150 valence electrons. The van der Waals surface area contributed by atoms with Crippen LogP contribution in [0.2, 0.25) is 0 Å². The van der Waals surface area contributed by atoms with Crippen molar-refractivity contribution in [1.29, 1.82) is 0 Å². The molecule has 0 aliphatic heterocycles. The summed E-state index contributed by atoms with van der Waals surface area (Å²) in [5, 5.41) is 5.73. The Morgan fingerprint density at radius 2 is 0.900 bits per heavy atom. The maximum atomic E-state index is 2.48. The van der Waals surface area contributed by atoms with Crippen LogP contribution < -0.4 is 20.7 Å². The molecule has 0 bridgehead atoms. The zero-order chi connectivity index (χ0) is 21.2. The molecule has 4 rings (SSSR count). The van der Waals surface area contributed by atoms with Crippen LogP contribution in [0.15, 0.2) is 109 Å². The fraction of sp³-hybridized carbons (Fsp3) is 0.172. The molecule has 4 aromatic rings. The van der Waals surface area contributed by atoms with Gasteiger partial charge < -0.3 is 0 Å². The Labute approximate surface area is 182 Å². The van der Waals surface area contributed by atoms with Crippen molar-refractivity contribution in [3.05, 3.63) is 120 Å². The highest BCUT2D eigenvalue weighted by Crippen LogP contribution is 2.23. The van der Waals surface area contributed by atoms with Crippen LogP contribution in [0.3, 0.4) is 0 Å². The van der Waals surface area contributed by atoms with E-state index in [-0.39, 0.29) is 5.41 Å². The third-order valence-electron chi connectivity index (χ3n) is 6.00. The first-order valence-electron chi connectivity index (χ1n) is 10.7. The van der Waals surface area contributed by atoms with Gasteiger partial charge in [0.1, 0.15) is 0 Å². The molecule has 0 fully saturated rings. The molecular formula is C29H30Si. The fourth-order valence-electron chi connectivity index (χ4n) is 4.50. The molecule has 0 saturated carbocycles. The Kier molecular flexibility index (Phi) is 5.49. The lowest BCUT2D eigenvalue weighted by Gasteiger charge is -2.35. The summed E-state index contributed by atoms with van der Waals surface area (Å²) in [5.74, 6) is 0. The molecule has 0 saturated heterocycles. The lowest BCUT2D eigenvalue weighted by Crippen LogP contribution is -2.74. The van der Waals surface area contributed by atoms with E-state index >= 15 is 0 Å². The molecule has 0 heterocycles. The molecule has 4 aromatic carbocycles. The van der Waals surface area contributed by atoms with E-state index in [4.69, 9.17) is 0 Å². The average molecular weight is 407 g/mol. The summed E-state index contributed by atoms with van der Waals surface area (Å²) in [4.78, 5) is 0. The third-order valence-corrected chi connectivity index (χ3v) is 10.7. The fourth-order valence-corrected chi connectivity index (χ4v) is 9.39. The Morgan fingerprint density at radius 3 is 1.27 bits per heavy atom. The topological polar surface area (TPSA) is 0 Å². The van der Waals surface area contributed by atoms with Crippen LogP contribution >= 0.6 is 0 Å². The number of rotatable bonds is 4. The van der Waals surface area contributed by atoms with E-state index in [9.17, 15) is 0 Å². The molecule has 0 N–H and O–H groups in total. The second kappa shape index (κ2) is 8.08. The Balaban J connectivity index is 2.16. The summed E-state index contributed by atoms with van der Waals surface area (Å²) in [7, 11) is -2.44. The van der Waals surface area contributed by atoms with Gasteiger partial charge in [0.2, 0.25) is 0 Å². The molecule has 0 radical (unpaired) electrons. The Morgan fingerprint density at radius 1 is 0.500 bits per heavy atom. The zero-order valence-corrected chi connectivity index (χ0v) is 19.4. The van der Waals surface area contributed by atoms with Gasteiger partial charge in [-0.2, -0.15) is 0 Å². The second-order valence-corrected chi connectivity index (χ2v) is 13.0. The molecule has 1 heteroatoms. The van der Waals surface area contributed by atoms with Gasteiger partial charge in [-0.3, -0.25) is 0 Å². The summed E-state index contributed by atoms with van der Waals surface area (Å²) in [6.07, 6.45) is 0. The van der Waals surface area contributed by atoms with Crippen LogP contribution in [0.4, 0.5) is 0 Å². The van der Waals surface area contributed by atoms with Crippen molar-refractivity contribution in [2.24, 2.45) is 0 Å². The highest BCUT2D eigenvalue weighted by molar-refractivity contribution is 7.19. The Bertz CT molecular complexity index is 1010. The quantitative estimate of drug-likeness (QED) is 0.341. The standard InChI is InChI=1S/C29H30Si/c1-23-20-24(29(2,3)4)22-28(21-23)30(25-14-8-5-9-15-25,26-16-10-6-11-17-26)27-18-12-7-13-19-27/h5-22H,1-4H3. The monoisotopic (exact) mass is 406 g/mol. The molecular weight excluding hydrogens is 376 g/mol. The van der Waals surface area contributed by atoms with E-state index in [0.717, 1.165) is 0 Å². The van der Waals surface area contributed by atoms with Crippen LogP contribution in [0.25, 0.3) is 0 Å². The van der Waals surface area contributed by atoms with E-state index in [1.807, 2.05) is 0 Å². The van der Waals surface area contributed by atoms with Gasteiger partial charge in [-0.05, 0) is 38.6 Å². The predicted octanol–water partition coefficient (Wildman–Crippen LogP) is 4.67. The largest absolute Gasteiger partial charge is 0.179 e. The molecule has 0 nitrogen and oxygen atoms in total. The normalized spacial score (nSPS) is 12.0. The summed E-state index contributed by atoms with van der Waals surface area (Å²) in [5.41, 5.74) is 2.83. The van der Waals surface area contributed by atoms with Gasteiger partial charge in [0.05, 0.1) is 0 Å². The summed E-state index contributed by atoms with van der Waals surface area (Å²) >= 11 is 0. The van der Waals surface area contributed by atoms with Gasteiger partial charge >= 0.3 is 0 Å². The third kappa shape index (κ3) is 3.66. The van der Waals surface area contributed by atoms with Crippen molar-refractivity contribution >= 4 is 28.8 Å². The highest BCUT2D eigenvalue weighted by Gasteiger charge is 2.41. The minimum absolute atomic E-state index is 0.102. The van der Waals surface area contributed by atoms with Crippen LogP contribution in [0, 0.1) is 6.92 Å². The number of aryl methyl sites for hydroxylation is 1. The van der Waals surface area contributed by atoms with Crippen LogP contribution in [0.5, 0.6) is 0 Å². The van der Waals surface area contributed by atoms with Crippen molar-refractivity contribution in [1.82, 2.24) is 0 Å². The number of hydrogen-bond acceptors (Lipinski definition) is 0. The SMILES string of the molecule is Cc1cc(C(C)(C)C)cc([Si](c2ccccc2)(c2ccccc2)c2ccccc2)c1. The van der Waals surface area contributed by atoms with Crippen molar-refractivity contribution in [2.45, 2.75) is 33.1 Å². The average Bonchev–Trinajstić information content (AvgIpc) is 2.76. The minimum Gasteiger partial charge on any atom is -0.0623 e. The van der Waals surface area contributed by atoms with Crippen molar-refractivity contribution < 1.29 is 0 Å². The van der Waals surface area contributed by atoms with Crippen LogP contribution in [-0.4, -0.2) is 8.07 Å². The molecule has 0 unspecified atom stereocenters. The molecule has 30 heavy (non-hydrogen) atoms. The highest BCUT2D eigenvalue weighted by atomic mass is 28.3. The molecule has 0 aliphatic carbocycles. The Hall–Kier alpha value is -2.90. The van der Waals surface area contributed by atoms with Gasteiger partial charge in [0.15, 0.2) is 8.07 Å². The summed E-state index contributed by atoms with van der Waals surface area (Å²) < 4.78 is 0. The first-order valence-corrected chi connectivity index (χ1v) is 12.7. The van der Waals surface area contributed by atoms with E-state index in [1.54, 1.807) is 0 Å². The van der Waals surface area contributed by atoms with Crippen LogP contribution in [-0.2, 0) is 5.41 Å². The summed E-state index contributed by atoms with van der Waals surface area (Å²) in [6, 6.07) is 40.7. The van der Waals surface area contributed by atoms with Gasteiger partial charge in [0, 0.05) is 0 Å². The van der Waals surface area contributed by atoms with Crippen molar-refractivity contribution in [3.8, 4) is 0 Å². The van der Waals surface area contributed by atoms with Gasteiger partial charge in [-0.15, -0.1) is 0 Å². The van der Waals surface area contributed by atoms with E-state index < -0.39 is 8.07 Å². The van der Waals surface area contributed by atoms with E-state index in [2.05, 4.69) is 137 Å². The smallest absolute Gasteiger partial charge is 0.0623 e. The molecule has 0 aliphatic rings. The van der Waals surface area contributed by atoms with E-state index in [0.29, 0.717) is 0 Å². The van der Waals surface area contributed by atoms with Crippen molar-refractivity contribution in [3.63, 3.8) is 0 Å². The lowest BCUT2D eigenvalue weighted by atomic mass is 9.86. The van der Waals surface area contributed by atoms with Gasteiger partial charge in [-0.1, -0.05) is 136 Å². The first kappa shape index (κ1) is 20.4.